The second-order valence-corrected chi connectivity index (χ2v) is 7.56. The van der Waals surface area contributed by atoms with Crippen LogP contribution in [0.2, 0.25) is 0 Å². The van der Waals surface area contributed by atoms with E-state index in [1.54, 1.807) is 37.8 Å². The highest BCUT2D eigenvalue weighted by molar-refractivity contribution is 6.05. The summed E-state index contributed by atoms with van der Waals surface area (Å²) in [4.78, 5) is 21.1. The molecule has 0 saturated heterocycles. The highest BCUT2D eigenvalue weighted by Gasteiger charge is 2.32. The summed E-state index contributed by atoms with van der Waals surface area (Å²) in [5.74, 6) is -0.644. The Morgan fingerprint density at radius 3 is 2.47 bits per heavy atom. The van der Waals surface area contributed by atoms with E-state index < -0.39 is 17.6 Å². The van der Waals surface area contributed by atoms with Crippen LogP contribution in [0.3, 0.4) is 0 Å². The molecule has 1 N–H and O–H groups in total. The Morgan fingerprint density at radius 2 is 1.84 bits per heavy atom. The SMILES string of the molecule is Cc1cn(-c2cc(C(=O)Nc3ccc(C)c(-c4cncn4C)c3)cc(C(F)(F)F)c2)cn1. The predicted molar refractivity (Wildman–Crippen MR) is 115 cm³/mol. The number of carbonyl (C=O) groups is 1. The molecule has 6 nitrogen and oxygen atoms in total. The Bertz CT molecular complexity index is 1300. The summed E-state index contributed by atoms with van der Waals surface area (Å²) in [6.45, 7) is 3.66. The lowest BCUT2D eigenvalue weighted by Gasteiger charge is -2.14. The Hall–Kier alpha value is -3.88. The highest BCUT2D eigenvalue weighted by atomic mass is 19.4. The molecule has 0 aliphatic carbocycles. The average Bonchev–Trinajstić information content (AvgIpc) is 3.36. The van der Waals surface area contributed by atoms with Crippen LogP contribution in [0.4, 0.5) is 18.9 Å². The third-order valence-corrected chi connectivity index (χ3v) is 5.11. The molecule has 0 fully saturated rings. The van der Waals surface area contributed by atoms with Gasteiger partial charge in [-0.3, -0.25) is 4.79 Å². The van der Waals surface area contributed by atoms with Crippen molar-refractivity contribution in [1.82, 2.24) is 19.1 Å². The number of alkyl halides is 3. The molecular weight excluding hydrogens is 419 g/mol. The molecule has 0 aliphatic heterocycles. The Morgan fingerprint density at radius 1 is 1.06 bits per heavy atom. The Balaban J connectivity index is 1.70. The van der Waals surface area contributed by atoms with Crippen LogP contribution in [0.1, 0.15) is 27.2 Å². The second kappa shape index (κ2) is 7.99. The van der Waals surface area contributed by atoms with Crippen molar-refractivity contribution in [2.75, 3.05) is 5.32 Å². The fraction of sp³-hybridized carbons (Fsp3) is 0.174. The lowest BCUT2D eigenvalue weighted by atomic mass is 10.0. The molecule has 0 bridgehead atoms. The van der Waals surface area contributed by atoms with Crippen LogP contribution >= 0.6 is 0 Å². The monoisotopic (exact) mass is 439 g/mol. The lowest BCUT2D eigenvalue weighted by Crippen LogP contribution is -2.15. The molecule has 0 spiro atoms. The summed E-state index contributed by atoms with van der Waals surface area (Å²) in [7, 11) is 1.86. The highest BCUT2D eigenvalue weighted by Crippen LogP contribution is 2.32. The lowest BCUT2D eigenvalue weighted by molar-refractivity contribution is -0.137. The van der Waals surface area contributed by atoms with Crippen molar-refractivity contribution < 1.29 is 18.0 Å². The van der Waals surface area contributed by atoms with Gasteiger partial charge < -0.3 is 14.5 Å². The molecule has 164 valence electrons. The predicted octanol–water partition coefficient (Wildman–Crippen LogP) is 5.16. The molecule has 2 aromatic heterocycles. The van der Waals surface area contributed by atoms with Crippen LogP contribution < -0.4 is 5.32 Å². The van der Waals surface area contributed by atoms with Crippen molar-refractivity contribution in [2.45, 2.75) is 20.0 Å². The molecule has 4 rings (SSSR count). The number of imidazole rings is 2. The molecule has 2 aromatic carbocycles. The maximum Gasteiger partial charge on any atom is 0.416 e. The van der Waals surface area contributed by atoms with E-state index in [0.717, 1.165) is 29.0 Å². The van der Waals surface area contributed by atoms with Crippen molar-refractivity contribution in [3.8, 4) is 16.9 Å². The smallest absolute Gasteiger partial charge is 0.334 e. The summed E-state index contributed by atoms with van der Waals surface area (Å²) in [5.41, 5.74) is 2.99. The number of hydrogen-bond acceptors (Lipinski definition) is 3. The molecule has 9 heteroatoms. The Labute approximate surface area is 182 Å². The molecule has 0 atom stereocenters. The number of aromatic nitrogens is 4. The zero-order valence-corrected chi connectivity index (χ0v) is 17.6. The number of halogens is 3. The van der Waals surface area contributed by atoms with Gasteiger partial charge in [0.25, 0.3) is 5.91 Å². The average molecular weight is 439 g/mol. The quantitative estimate of drug-likeness (QED) is 0.478. The first-order valence-electron chi connectivity index (χ1n) is 9.74. The van der Waals surface area contributed by atoms with Gasteiger partial charge in [-0.05, 0) is 49.7 Å². The molecule has 0 aliphatic rings. The summed E-state index contributed by atoms with van der Waals surface area (Å²) in [6, 6.07) is 8.56. The van der Waals surface area contributed by atoms with Crippen LogP contribution in [0, 0.1) is 13.8 Å². The van der Waals surface area contributed by atoms with Crippen molar-refractivity contribution in [3.05, 3.63) is 83.8 Å². The number of aryl methyl sites for hydroxylation is 3. The number of rotatable bonds is 4. The zero-order chi connectivity index (χ0) is 23.0. The topological polar surface area (TPSA) is 64.7 Å². The third kappa shape index (κ3) is 4.27. The summed E-state index contributed by atoms with van der Waals surface area (Å²) < 4.78 is 43.8. The molecular formula is C23H20F3N5O. The van der Waals surface area contributed by atoms with E-state index in [-0.39, 0.29) is 11.3 Å². The first-order chi connectivity index (χ1) is 15.1. The van der Waals surface area contributed by atoms with E-state index in [1.807, 2.05) is 24.6 Å². The van der Waals surface area contributed by atoms with Gasteiger partial charge in [0.05, 0.1) is 35.8 Å². The normalized spacial score (nSPS) is 11.6. The number of nitrogens with one attached hydrogen (secondary N) is 1. The molecule has 4 aromatic rings. The number of nitrogens with zero attached hydrogens (tertiary/aromatic N) is 4. The van der Waals surface area contributed by atoms with Gasteiger partial charge in [0, 0.05) is 35.7 Å². The van der Waals surface area contributed by atoms with Crippen molar-refractivity contribution >= 4 is 11.6 Å². The fourth-order valence-corrected chi connectivity index (χ4v) is 3.41. The zero-order valence-electron chi connectivity index (χ0n) is 17.6. The van der Waals surface area contributed by atoms with E-state index in [2.05, 4.69) is 15.3 Å². The van der Waals surface area contributed by atoms with Crippen LogP contribution in [0.5, 0.6) is 0 Å². The van der Waals surface area contributed by atoms with Gasteiger partial charge in [0.1, 0.15) is 0 Å². The number of hydrogen-bond donors (Lipinski definition) is 1. The van der Waals surface area contributed by atoms with Gasteiger partial charge in [0.2, 0.25) is 0 Å². The summed E-state index contributed by atoms with van der Waals surface area (Å²) in [5, 5.41) is 2.71. The number of anilines is 1. The minimum absolute atomic E-state index is 0.108. The number of amides is 1. The third-order valence-electron chi connectivity index (χ3n) is 5.11. The van der Waals surface area contributed by atoms with Crippen LogP contribution in [0.15, 0.2) is 61.4 Å². The van der Waals surface area contributed by atoms with Crippen molar-refractivity contribution in [1.29, 1.82) is 0 Å². The van der Waals surface area contributed by atoms with Gasteiger partial charge in [-0.1, -0.05) is 6.07 Å². The summed E-state index contributed by atoms with van der Waals surface area (Å²) >= 11 is 0. The maximum atomic E-state index is 13.5. The minimum atomic E-state index is -4.60. The first kappa shape index (κ1) is 21.4. The standard InChI is InChI=1S/C23H20F3N5O/c1-14-4-5-18(9-20(14)21-10-27-12-30(21)3)29-22(32)16-6-17(23(24,25)26)8-19(7-16)31-11-15(2)28-13-31/h4-13H,1-3H3,(H,29,32). The molecule has 32 heavy (non-hydrogen) atoms. The van der Waals surface area contributed by atoms with E-state index in [4.69, 9.17) is 0 Å². The molecule has 1 amide bonds. The van der Waals surface area contributed by atoms with E-state index in [1.165, 1.54) is 17.0 Å². The van der Waals surface area contributed by atoms with Gasteiger partial charge in [-0.2, -0.15) is 13.2 Å². The van der Waals surface area contributed by atoms with Gasteiger partial charge in [0.15, 0.2) is 0 Å². The van der Waals surface area contributed by atoms with Crippen molar-refractivity contribution in [3.63, 3.8) is 0 Å². The molecule has 0 radical (unpaired) electrons. The minimum Gasteiger partial charge on any atom is -0.334 e. The molecule has 0 unspecified atom stereocenters. The summed E-state index contributed by atoms with van der Waals surface area (Å²) in [6.07, 6.45) is 1.78. The maximum absolute atomic E-state index is 13.5. The van der Waals surface area contributed by atoms with E-state index in [9.17, 15) is 18.0 Å². The second-order valence-electron chi connectivity index (χ2n) is 7.56. The van der Waals surface area contributed by atoms with Crippen molar-refractivity contribution in [2.24, 2.45) is 7.05 Å². The van der Waals surface area contributed by atoms with Crippen LogP contribution in [0.25, 0.3) is 16.9 Å². The van der Waals surface area contributed by atoms with E-state index in [0.29, 0.717) is 11.4 Å². The number of benzene rings is 2. The number of carbonyl (C=O) groups excluding carboxylic acids is 1. The molecule has 0 saturated carbocycles. The van der Waals surface area contributed by atoms with Crippen LogP contribution in [-0.2, 0) is 13.2 Å². The van der Waals surface area contributed by atoms with E-state index >= 15 is 0 Å². The van der Waals surface area contributed by atoms with Gasteiger partial charge in [-0.25, -0.2) is 9.97 Å². The first-order valence-corrected chi connectivity index (χ1v) is 9.74. The van der Waals surface area contributed by atoms with Crippen LogP contribution in [-0.4, -0.2) is 25.0 Å². The van der Waals surface area contributed by atoms with Gasteiger partial charge in [-0.15, -0.1) is 0 Å². The van der Waals surface area contributed by atoms with Gasteiger partial charge >= 0.3 is 6.18 Å². The molecule has 2 heterocycles. The Kier molecular flexibility index (Phi) is 5.33. The largest absolute Gasteiger partial charge is 0.416 e. The fourth-order valence-electron chi connectivity index (χ4n) is 3.41.